The van der Waals surface area contributed by atoms with Gasteiger partial charge in [-0.1, -0.05) is 0 Å². The first kappa shape index (κ1) is 19.0. The zero-order valence-electron chi connectivity index (χ0n) is 15.1. The van der Waals surface area contributed by atoms with Crippen LogP contribution in [0.2, 0.25) is 0 Å². The van der Waals surface area contributed by atoms with Crippen LogP contribution in [0.3, 0.4) is 0 Å². The summed E-state index contributed by atoms with van der Waals surface area (Å²) in [5.74, 6) is -1.35. The molecule has 6 nitrogen and oxygen atoms in total. The van der Waals surface area contributed by atoms with E-state index < -0.39 is 17.4 Å². The van der Waals surface area contributed by atoms with Crippen LogP contribution < -0.4 is 5.32 Å². The zero-order chi connectivity index (χ0) is 18.6. The fourth-order valence-corrected chi connectivity index (χ4v) is 2.70. The molecule has 7 heteroatoms. The monoisotopic (exact) mass is 352 g/mol. The standard InChI is InChI=1S/C18H25FN2O4/c1-18(2,3)25-17(23)21-9-5-6-13(11-21)20-12-7-8-15(19)14(10-12)16(22)24-4/h7-8,10,13,20H,5-6,9,11H2,1-4H3. The maximum Gasteiger partial charge on any atom is 0.410 e. The number of amides is 1. The number of rotatable bonds is 3. The highest BCUT2D eigenvalue weighted by molar-refractivity contribution is 5.90. The fraction of sp³-hybridized carbons (Fsp3) is 0.556. The Labute approximate surface area is 147 Å². The molecule has 1 amide bonds. The Hall–Kier alpha value is -2.31. The van der Waals surface area contributed by atoms with Gasteiger partial charge in [-0.2, -0.15) is 0 Å². The van der Waals surface area contributed by atoms with Crippen molar-refractivity contribution in [2.75, 3.05) is 25.5 Å². The van der Waals surface area contributed by atoms with Crippen molar-refractivity contribution in [3.63, 3.8) is 0 Å². The molecule has 1 fully saturated rings. The second-order valence-corrected chi connectivity index (χ2v) is 7.10. The van der Waals surface area contributed by atoms with Gasteiger partial charge in [-0.05, 0) is 51.8 Å². The lowest BCUT2D eigenvalue weighted by atomic mass is 10.1. The highest BCUT2D eigenvalue weighted by atomic mass is 19.1. The van der Waals surface area contributed by atoms with Crippen LogP contribution in [-0.4, -0.2) is 48.8 Å². The van der Waals surface area contributed by atoms with Crippen molar-refractivity contribution in [3.8, 4) is 0 Å². The van der Waals surface area contributed by atoms with E-state index in [1.165, 1.54) is 19.2 Å². The number of nitrogens with one attached hydrogen (secondary N) is 1. The lowest BCUT2D eigenvalue weighted by Crippen LogP contribution is -2.47. The normalized spacial score (nSPS) is 17.8. The minimum atomic E-state index is -0.722. The smallest absolute Gasteiger partial charge is 0.410 e. The van der Waals surface area contributed by atoms with Gasteiger partial charge in [0.05, 0.1) is 12.7 Å². The van der Waals surface area contributed by atoms with E-state index in [1.807, 2.05) is 20.8 Å². The lowest BCUT2D eigenvalue weighted by molar-refractivity contribution is 0.0206. The van der Waals surface area contributed by atoms with Gasteiger partial charge < -0.3 is 19.7 Å². The van der Waals surface area contributed by atoms with Gasteiger partial charge in [0.2, 0.25) is 0 Å². The molecule has 1 unspecified atom stereocenters. The van der Waals surface area contributed by atoms with E-state index in [-0.39, 0.29) is 17.7 Å². The van der Waals surface area contributed by atoms with Crippen molar-refractivity contribution in [3.05, 3.63) is 29.6 Å². The Balaban J connectivity index is 2.03. The van der Waals surface area contributed by atoms with Crippen LogP contribution in [0.25, 0.3) is 0 Å². The van der Waals surface area contributed by atoms with Gasteiger partial charge in [-0.3, -0.25) is 0 Å². The second kappa shape index (κ2) is 7.72. The molecular weight excluding hydrogens is 327 g/mol. The van der Waals surface area contributed by atoms with Gasteiger partial charge in [0.15, 0.2) is 0 Å². The van der Waals surface area contributed by atoms with E-state index in [0.717, 1.165) is 12.8 Å². The highest BCUT2D eigenvalue weighted by Crippen LogP contribution is 2.21. The molecule has 0 bridgehead atoms. The third-order valence-electron chi connectivity index (χ3n) is 3.82. The van der Waals surface area contributed by atoms with Gasteiger partial charge in [-0.15, -0.1) is 0 Å². The van der Waals surface area contributed by atoms with Crippen LogP contribution in [0, 0.1) is 5.82 Å². The Morgan fingerprint density at radius 2 is 2.04 bits per heavy atom. The molecule has 0 aliphatic carbocycles. The molecule has 0 radical (unpaired) electrons. The number of anilines is 1. The number of halogens is 1. The lowest BCUT2D eigenvalue weighted by Gasteiger charge is -2.34. The SMILES string of the molecule is COC(=O)c1cc(NC2CCCN(C(=O)OC(C)(C)C)C2)ccc1F. The molecule has 25 heavy (non-hydrogen) atoms. The number of nitrogens with zero attached hydrogens (tertiary/aromatic N) is 1. The van der Waals surface area contributed by atoms with Crippen LogP contribution in [0.1, 0.15) is 44.0 Å². The highest BCUT2D eigenvalue weighted by Gasteiger charge is 2.27. The third-order valence-corrected chi connectivity index (χ3v) is 3.82. The number of hydrogen-bond acceptors (Lipinski definition) is 5. The molecule has 138 valence electrons. The fourth-order valence-electron chi connectivity index (χ4n) is 2.70. The number of hydrogen-bond donors (Lipinski definition) is 1. The maximum absolute atomic E-state index is 13.7. The molecule has 1 saturated heterocycles. The number of piperidine rings is 1. The Morgan fingerprint density at radius 1 is 1.32 bits per heavy atom. The van der Waals surface area contributed by atoms with Gasteiger partial charge in [-0.25, -0.2) is 14.0 Å². The van der Waals surface area contributed by atoms with E-state index in [1.54, 1.807) is 11.0 Å². The summed E-state index contributed by atoms with van der Waals surface area (Å²) in [6.07, 6.45) is 1.36. The van der Waals surface area contributed by atoms with Crippen LogP contribution in [-0.2, 0) is 9.47 Å². The van der Waals surface area contributed by atoms with E-state index >= 15 is 0 Å². The van der Waals surface area contributed by atoms with E-state index in [9.17, 15) is 14.0 Å². The minimum Gasteiger partial charge on any atom is -0.465 e. The number of methoxy groups -OCH3 is 1. The van der Waals surface area contributed by atoms with Crippen LogP contribution in [0.5, 0.6) is 0 Å². The number of carbonyl (C=O) groups excluding carboxylic acids is 2. The van der Waals surface area contributed by atoms with Crippen LogP contribution in [0.15, 0.2) is 18.2 Å². The summed E-state index contributed by atoms with van der Waals surface area (Å²) < 4.78 is 23.7. The molecule has 1 aliphatic rings. The minimum absolute atomic E-state index is 0.00257. The third kappa shape index (κ3) is 5.34. The predicted octanol–water partition coefficient (Wildman–Crippen LogP) is 3.42. The first-order valence-corrected chi connectivity index (χ1v) is 8.32. The Morgan fingerprint density at radius 3 is 2.68 bits per heavy atom. The summed E-state index contributed by atoms with van der Waals surface area (Å²) in [4.78, 5) is 25.5. The quantitative estimate of drug-likeness (QED) is 0.844. The molecule has 1 aromatic carbocycles. The predicted molar refractivity (Wildman–Crippen MR) is 92.2 cm³/mol. The van der Waals surface area contributed by atoms with E-state index in [0.29, 0.717) is 18.8 Å². The largest absolute Gasteiger partial charge is 0.465 e. The van der Waals surface area contributed by atoms with Crippen molar-refractivity contribution in [1.29, 1.82) is 0 Å². The number of benzene rings is 1. The molecule has 1 atom stereocenters. The summed E-state index contributed by atoms with van der Waals surface area (Å²) in [5, 5.41) is 3.25. The molecular formula is C18H25FN2O4. The van der Waals surface area contributed by atoms with E-state index in [2.05, 4.69) is 10.1 Å². The number of esters is 1. The number of ether oxygens (including phenoxy) is 2. The van der Waals surface area contributed by atoms with Crippen LogP contribution >= 0.6 is 0 Å². The van der Waals surface area contributed by atoms with Gasteiger partial charge >= 0.3 is 12.1 Å². The zero-order valence-corrected chi connectivity index (χ0v) is 15.1. The van der Waals surface area contributed by atoms with Crippen molar-refractivity contribution in [2.24, 2.45) is 0 Å². The van der Waals surface area contributed by atoms with Gasteiger partial charge in [0.25, 0.3) is 0 Å². The van der Waals surface area contributed by atoms with E-state index in [4.69, 9.17) is 4.74 Å². The molecule has 0 aromatic heterocycles. The summed E-state index contributed by atoms with van der Waals surface area (Å²) in [7, 11) is 1.21. The molecule has 0 spiro atoms. The molecule has 1 aromatic rings. The van der Waals surface area contributed by atoms with Crippen molar-refractivity contribution >= 4 is 17.7 Å². The number of carbonyl (C=O) groups is 2. The molecule has 2 rings (SSSR count). The van der Waals surface area contributed by atoms with Gasteiger partial charge in [0, 0.05) is 24.8 Å². The van der Waals surface area contributed by atoms with Crippen molar-refractivity contribution < 1.29 is 23.5 Å². The number of likely N-dealkylation sites (tertiary alicyclic amines) is 1. The first-order valence-electron chi connectivity index (χ1n) is 8.32. The molecule has 0 saturated carbocycles. The average Bonchev–Trinajstić information content (AvgIpc) is 2.54. The summed E-state index contributed by atoms with van der Waals surface area (Å²) in [6.45, 7) is 6.62. The van der Waals surface area contributed by atoms with Gasteiger partial charge in [0.1, 0.15) is 11.4 Å². The van der Waals surface area contributed by atoms with Crippen molar-refractivity contribution in [2.45, 2.75) is 45.3 Å². The maximum atomic E-state index is 13.7. The Kier molecular flexibility index (Phi) is 5.87. The molecule has 1 heterocycles. The topological polar surface area (TPSA) is 67.9 Å². The average molecular weight is 352 g/mol. The summed E-state index contributed by atoms with van der Waals surface area (Å²) >= 11 is 0. The molecule has 1 N–H and O–H groups in total. The second-order valence-electron chi connectivity index (χ2n) is 7.10. The Bertz CT molecular complexity index is 642. The summed E-state index contributed by atoms with van der Waals surface area (Å²) in [5.41, 5.74) is -0.0470. The molecule has 1 aliphatic heterocycles. The van der Waals surface area contributed by atoms with Crippen molar-refractivity contribution in [1.82, 2.24) is 4.90 Å². The summed E-state index contributed by atoms with van der Waals surface area (Å²) in [6, 6.07) is 4.21. The van der Waals surface area contributed by atoms with Crippen LogP contribution in [0.4, 0.5) is 14.9 Å². The first-order chi connectivity index (χ1) is 11.7.